The van der Waals surface area contributed by atoms with Gasteiger partial charge in [0, 0.05) is 12.0 Å². The van der Waals surface area contributed by atoms with Crippen LogP contribution in [0.5, 0.6) is 0 Å². The molecule has 0 unspecified atom stereocenters. The third kappa shape index (κ3) is 2.82. The van der Waals surface area contributed by atoms with Gasteiger partial charge in [-0.1, -0.05) is 35.5 Å². The summed E-state index contributed by atoms with van der Waals surface area (Å²) in [6, 6.07) is 17.5. The van der Waals surface area contributed by atoms with Gasteiger partial charge in [-0.05, 0) is 36.2 Å². The fraction of sp³-hybridized carbons (Fsp3) is 0.118. The van der Waals surface area contributed by atoms with Crippen molar-refractivity contribution in [3.8, 4) is 17.5 Å². The van der Waals surface area contributed by atoms with Gasteiger partial charge >= 0.3 is 0 Å². The van der Waals surface area contributed by atoms with Crippen LogP contribution in [0.25, 0.3) is 11.5 Å². The largest absolute Gasteiger partial charge is 0.334 e. The van der Waals surface area contributed by atoms with E-state index in [0.29, 0.717) is 23.7 Å². The number of aromatic nitrogens is 2. The van der Waals surface area contributed by atoms with E-state index in [2.05, 4.69) is 16.2 Å². The van der Waals surface area contributed by atoms with Crippen molar-refractivity contribution in [2.75, 3.05) is 0 Å². The number of hydrogen-bond acceptors (Lipinski definition) is 4. The SMILES string of the molecule is Cc1cc(C#N)ccc1-c1nc(Cc2ccccc2)no1. The lowest BCUT2D eigenvalue weighted by Crippen LogP contribution is -1.90. The highest BCUT2D eigenvalue weighted by molar-refractivity contribution is 5.60. The summed E-state index contributed by atoms with van der Waals surface area (Å²) < 4.78 is 5.33. The quantitative estimate of drug-likeness (QED) is 0.733. The Morgan fingerprint density at radius 1 is 1.14 bits per heavy atom. The average Bonchev–Trinajstić information content (AvgIpc) is 2.96. The van der Waals surface area contributed by atoms with Crippen LogP contribution in [-0.2, 0) is 6.42 Å². The molecule has 0 spiro atoms. The third-order valence-corrected chi connectivity index (χ3v) is 3.26. The molecule has 3 rings (SSSR count). The Morgan fingerprint density at radius 2 is 1.95 bits per heavy atom. The summed E-state index contributed by atoms with van der Waals surface area (Å²) in [5, 5.41) is 12.9. The van der Waals surface area contributed by atoms with Gasteiger partial charge in [0.25, 0.3) is 5.89 Å². The number of rotatable bonds is 3. The molecule has 4 nitrogen and oxygen atoms in total. The van der Waals surface area contributed by atoms with Gasteiger partial charge in [0.05, 0.1) is 11.6 Å². The monoisotopic (exact) mass is 275 g/mol. The van der Waals surface area contributed by atoms with Crippen LogP contribution in [0.3, 0.4) is 0 Å². The van der Waals surface area contributed by atoms with E-state index in [9.17, 15) is 0 Å². The minimum atomic E-state index is 0.489. The molecular weight excluding hydrogens is 262 g/mol. The average molecular weight is 275 g/mol. The summed E-state index contributed by atoms with van der Waals surface area (Å²) in [4.78, 5) is 4.43. The van der Waals surface area contributed by atoms with E-state index in [1.165, 1.54) is 0 Å². The van der Waals surface area contributed by atoms with Gasteiger partial charge in [0.2, 0.25) is 0 Å². The fourth-order valence-electron chi connectivity index (χ4n) is 2.19. The molecule has 0 aliphatic carbocycles. The summed E-state index contributed by atoms with van der Waals surface area (Å²) >= 11 is 0. The Balaban J connectivity index is 1.87. The molecule has 102 valence electrons. The normalized spacial score (nSPS) is 10.3. The molecule has 0 fully saturated rings. The number of benzene rings is 2. The highest BCUT2D eigenvalue weighted by Gasteiger charge is 2.12. The minimum Gasteiger partial charge on any atom is -0.334 e. The van der Waals surface area contributed by atoms with Crippen LogP contribution in [0.4, 0.5) is 0 Å². The van der Waals surface area contributed by atoms with Gasteiger partial charge in [-0.2, -0.15) is 10.2 Å². The summed E-state index contributed by atoms with van der Waals surface area (Å²) in [5.74, 6) is 1.14. The molecule has 0 aliphatic heterocycles. The van der Waals surface area contributed by atoms with E-state index in [1.54, 1.807) is 6.07 Å². The van der Waals surface area contributed by atoms with Crippen LogP contribution >= 0.6 is 0 Å². The first kappa shape index (κ1) is 13.1. The molecule has 0 amide bonds. The molecular formula is C17H13N3O. The molecule has 1 heterocycles. The van der Waals surface area contributed by atoms with Crippen molar-refractivity contribution in [3.63, 3.8) is 0 Å². The first-order chi connectivity index (χ1) is 10.3. The highest BCUT2D eigenvalue weighted by Crippen LogP contribution is 2.23. The van der Waals surface area contributed by atoms with Crippen molar-refractivity contribution >= 4 is 0 Å². The molecule has 0 N–H and O–H groups in total. The molecule has 4 heteroatoms. The Hall–Kier alpha value is -2.93. The van der Waals surface area contributed by atoms with Crippen molar-refractivity contribution < 1.29 is 4.52 Å². The summed E-state index contributed by atoms with van der Waals surface area (Å²) in [6.07, 6.45) is 0.639. The molecule has 0 saturated carbocycles. The molecule has 2 aromatic carbocycles. The van der Waals surface area contributed by atoms with E-state index in [4.69, 9.17) is 9.78 Å². The lowest BCUT2D eigenvalue weighted by atomic mass is 10.1. The van der Waals surface area contributed by atoms with E-state index in [1.807, 2.05) is 49.4 Å². The van der Waals surface area contributed by atoms with Gasteiger partial charge in [0.1, 0.15) is 0 Å². The van der Waals surface area contributed by atoms with Crippen LogP contribution in [-0.4, -0.2) is 10.1 Å². The number of nitriles is 1. The Kier molecular flexibility index (Phi) is 3.48. The predicted octanol–water partition coefficient (Wildman–Crippen LogP) is 3.51. The number of hydrogen-bond donors (Lipinski definition) is 0. The van der Waals surface area contributed by atoms with Gasteiger partial charge < -0.3 is 4.52 Å². The van der Waals surface area contributed by atoms with E-state index < -0.39 is 0 Å². The second-order valence-corrected chi connectivity index (χ2v) is 4.82. The zero-order valence-electron chi connectivity index (χ0n) is 11.6. The molecule has 0 bridgehead atoms. The maximum atomic E-state index is 8.89. The summed E-state index contributed by atoms with van der Waals surface area (Å²) in [5.41, 5.74) is 3.58. The lowest BCUT2D eigenvalue weighted by Gasteiger charge is -2.00. The van der Waals surface area contributed by atoms with Crippen LogP contribution in [0, 0.1) is 18.3 Å². The molecule has 21 heavy (non-hydrogen) atoms. The van der Waals surface area contributed by atoms with Crippen molar-refractivity contribution in [1.29, 1.82) is 5.26 Å². The van der Waals surface area contributed by atoms with Crippen molar-refractivity contribution in [3.05, 3.63) is 71.0 Å². The minimum absolute atomic E-state index is 0.489. The summed E-state index contributed by atoms with van der Waals surface area (Å²) in [6.45, 7) is 1.93. The maximum absolute atomic E-state index is 8.89. The van der Waals surface area contributed by atoms with Crippen molar-refractivity contribution in [2.24, 2.45) is 0 Å². The van der Waals surface area contributed by atoms with Gasteiger partial charge in [-0.25, -0.2) is 0 Å². The Morgan fingerprint density at radius 3 is 2.67 bits per heavy atom. The topological polar surface area (TPSA) is 62.7 Å². The second-order valence-electron chi connectivity index (χ2n) is 4.82. The highest BCUT2D eigenvalue weighted by atomic mass is 16.5. The zero-order valence-corrected chi connectivity index (χ0v) is 11.6. The van der Waals surface area contributed by atoms with E-state index >= 15 is 0 Å². The molecule has 0 radical (unpaired) electrons. The summed E-state index contributed by atoms with van der Waals surface area (Å²) in [7, 11) is 0. The van der Waals surface area contributed by atoms with Crippen LogP contribution in [0.15, 0.2) is 53.1 Å². The molecule has 1 aromatic heterocycles. The Labute approximate surface area is 122 Å². The zero-order chi connectivity index (χ0) is 14.7. The van der Waals surface area contributed by atoms with Crippen LogP contribution in [0.2, 0.25) is 0 Å². The first-order valence-corrected chi connectivity index (χ1v) is 6.64. The van der Waals surface area contributed by atoms with Crippen molar-refractivity contribution in [1.82, 2.24) is 10.1 Å². The third-order valence-electron chi connectivity index (χ3n) is 3.26. The van der Waals surface area contributed by atoms with E-state index in [0.717, 1.165) is 16.7 Å². The van der Waals surface area contributed by atoms with Gasteiger partial charge in [0.15, 0.2) is 5.82 Å². The van der Waals surface area contributed by atoms with Gasteiger partial charge in [-0.3, -0.25) is 0 Å². The van der Waals surface area contributed by atoms with Crippen LogP contribution < -0.4 is 0 Å². The molecule has 3 aromatic rings. The predicted molar refractivity (Wildman–Crippen MR) is 78.4 cm³/mol. The second kappa shape index (κ2) is 5.59. The smallest absolute Gasteiger partial charge is 0.258 e. The fourth-order valence-corrected chi connectivity index (χ4v) is 2.19. The van der Waals surface area contributed by atoms with Crippen LogP contribution in [0.1, 0.15) is 22.5 Å². The van der Waals surface area contributed by atoms with Gasteiger partial charge in [-0.15, -0.1) is 0 Å². The molecule has 0 atom stereocenters. The molecule has 0 aliphatic rings. The number of aryl methyl sites for hydroxylation is 1. The Bertz CT molecular complexity index is 800. The number of nitrogens with zero attached hydrogens (tertiary/aromatic N) is 3. The maximum Gasteiger partial charge on any atom is 0.258 e. The standard InChI is InChI=1S/C17H13N3O/c1-12-9-14(11-18)7-8-15(12)17-19-16(20-21-17)10-13-5-3-2-4-6-13/h2-9H,10H2,1H3. The lowest BCUT2D eigenvalue weighted by molar-refractivity contribution is 0.423. The first-order valence-electron chi connectivity index (χ1n) is 6.64. The van der Waals surface area contributed by atoms with Crippen molar-refractivity contribution in [2.45, 2.75) is 13.3 Å². The molecule has 0 saturated heterocycles. The van der Waals surface area contributed by atoms with E-state index in [-0.39, 0.29) is 0 Å².